The van der Waals surface area contributed by atoms with Gasteiger partial charge in [-0.25, -0.2) is 37.5 Å². The first kappa shape index (κ1) is 16.5. The lowest BCUT2D eigenvalue weighted by Gasteiger charge is -1.99. The van der Waals surface area contributed by atoms with Crippen molar-refractivity contribution in [2.24, 2.45) is 20.0 Å². The minimum atomic E-state index is -1.51. The molecule has 0 N–H and O–H groups in total. The van der Waals surface area contributed by atoms with Crippen molar-refractivity contribution in [2.45, 2.75) is 0 Å². The summed E-state index contributed by atoms with van der Waals surface area (Å²) in [4.78, 5) is 16.1. The molecule has 5 aliphatic heterocycles. The highest BCUT2D eigenvalue weighted by molar-refractivity contribution is 6.17. The number of fused-ring (bicyclic) bond motifs is 4. The van der Waals surface area contributed by atoms with Gasteiger partial charge in [0, 0.05) is 6.08 Å². The second-order valence-electron chi connectivity index (χ2n) is 6.19. The molecule has 0 aromatic carbocycles. The maximum absolute atomic E-state index is 14.7. The van der Waals surface area contributed by atoms with Crippen molar-refractivity contribution < 1.29 is 17.6 Å². The first-order valence-corrected chi connectivity index (χ1v) is 8.18. The van der Waals surface area contributed by atoms with Crippen molar-refractivity contribution >= 4 is 22.8 Å². The predicted molar refractivity (Wildman–Crippen MR) is 98.8 cm³/mol. The molecule has 5 rings (SSSR count). The van der Waals surface area contributed by atoms with Gasteiger partial charge in [-0.2, -0.15) is 0 Å². The number of halogens is 4. The normalized spacial score (nSPS) is 22.7. The zero-order valence-corrected chi connectivity index (χ0v) is 13.9. The van der Waals surface area contributed by atoms with E-state index in [-0.39, 0.29) is 5.70 Å². The van der Waals surface area contributed by atoms with E-state index in [0.717, 1.165) is 6.08 Å². The molecule has 28 heavy (non-hydrogen) atoms. The summed E-state index contributed by atoms with van der Waals surface area (Å²) >= 11 is 0. The lowest BCUT2D eigenvalue weighted by atomic mass is 10.2. The van der Waals surface area contributed by atoms with Crippen LogP contribution in [0.3, 0.4) is 0 Å². The van der Waals surface area contributed by atoms with Crippen LogP contribution >= 0.6 is 0 Å². The van der Waals surface area contributed by atoms with E-state index in [9.17, 15) is 17.6 Å². The van der Waals surface area contributed by atoms with Crippen molar-refractivity contribution in [3.05, 3.63) is 94.7 Å². The lowest BCUT2D eigenvalue weighted by Crippen LogP contribution is -2.00. The molecule has 5 aliphatic rings. The van der Waals surface area contributed by atoms with Crippen molar-refractivity contribution in [1.29, 1.82) is 0 Å². The number of nitrogens with zero attached hydrogens (tertiary/aromatic N) is 4. The maximum Gasteiger partial charge on any atom is 0.189 e. The van der Waals surface area contributed by atoms with Gasteiger partial charge in [-0.1, -0.05) is 0 Å². The molecule has 136 valence electrons. The maximum atomic E-state index is 14.7. The zero-order valence-electron chi connectivity index (χ0n) is 13.9. The Labute approximate surface area is 155 Å². The highest BCUT2D eigenvalue weighted by atomic mass is 19.2. The molecule has 0 aliphatic carbocycles. The molecule has 0 unspecified atom stereocenters. The van der Waals surface area contributed by atoms with Crippen LogP contribution in [-0.4, -0.2) is 22.8 Å². The van der Waals surface area contributed by atoms with Gasteiger partial charge in [-0.15, -0.1) is 0 Å². The fraction of sp³-hybridized carbons (Fsp3) is 0. The van der Waals surface area contributed by atoms with Crippen LogP contribution in [0.15, 0.2) is 115 Å². The molecule has 0 aromatic heterocycles. The van der Waals surface area contributed by atoms with Crippen molar-refractivity contribution in [2.75, 3.05) is 0 Å². The molecule has 0 saturated carbocycles. The van der Waals surface area contributed by atoms with Gasteiger partial charge in [0.1, 0.15) is 17.1 Å². The predicted octanol–water partition coefficient (Wildman–Crippen LogP) is 4.77. The van der Waals surface area contributed by atoms with Crippen LogP contribution in [0.2, 0.25) is 0 Å². The van der Waals surface area contributed by atoms with E-state index in [0.29, 0.717) is 22.8 Å². The van der Waals surface area contributed by atoms with E-state index in [2.05, 4.69) is 20.0 Å². The fourth-order valence-electron chi connectivity index (χ4n) is 2.98. The van der Waals surface area contributed by atoms with Crippen LogP contribution in [0.5, 0.6) is 0 Å². The summed E-state index contributed by atoms with van der Waals surface area (Å²) in [6, 6.07) is 0. The van der Waals surface area contributed by atoms with E-state index in [4.69, 9.17) is 0 Å². The van der Waals surface area contributed by atoms with Gasteiger partial charge in [0.25, 0.3) is 0 Å². The molecule has 0 radical (unpaired) electrons. The minimum absolute atomic E-state index is 0.0901. The van der Waals surface area contributed by atoms with Crippen molar-refractivity contribution in [3.63, 3.8) is 0 Å². The van der Waals surface area contributed by atoms with Gasteiger partial charge in [0.2, 0.25) is 0 Å². The van der Waals surface area contributed by atoms with Gasteiger partial charge >= 0.3 is 0 Å². The molecule has 0 fully saturated rings. The molecule has 5 heterocycles. The molecular weight excluding hydrogens is 372 g/mol. The van der Waals surface area contributed by atoms with Gasteiger partial charge in [-0.05, 0) is 42.5 Å². The Morgan fingerprint density at radius 1 is 0.536 bits per heavy atom. The Bertz CT molecular complexity index is 1220. The molecule has 0 saturated heterocycles. The zero-order chi connectivity index (χ0) is 19.4. The largest absolute Gasteiger partial charge is 0.249 e. The smallest absolute Gasteiger partial charge is 0.189 e. The van der Waals surface area contributed by atoms with E-state index >= 15 is 0 Å². The van der Waals surface area contributed by atoms with Gasteiger partial charge in [0.15, 0.2) is 23.3 Å². The highest BCUT2D eigenvalue weighted by Crippen LogP contribution is 2.35. The average Bonchev–Trinajstić information content (AvgIpc) is 3.42. The molecule has 0 spiro atoms. The Morgan fingerprint density at radius 3 is 1.89 bits per heavy atom. The number of rotatable bonds is 0. The first-order valence-electron chi connectivity index (χ1n) is 8.18. The highest BCUT2D eigenvalue weighted by Gasteiger charge is 2.31. The number of allylic oxidation sites excluding steroid dienone is 12. The quantitative estimate of drug-likeness (QED) is 0.544. The minimum Gasteiger partial charge on any atom is -0.249 e. The third-order valence-electron chi connectivity index (χ3n) is 4.26. The van der Waals surface area contributed by atoms with E-state index in [1.54, 1.807) is 30.4 Å². The van der Waals surface area contributed by atoms with Crippen LogP contribution in [0.1, 0.15) is 0 Å². The van der Waals surface area contributed by atoms with Crippen LogP contribution in [0, 0.1) is 0 Å². The molecule has 4 nitrogen and oxygen atoms in total. The third kappa shape index (κ3) is 2.61. The average molecular weight is 380 g/mol. The van der Waals surface area contributed by atoms with E-state index in [1.165, 1.54) is 12.2 Å². The third-order valence-corrected chi connectivity index (χ3v) is 4.26. The first-order chi connectivity index (χ1) is 13.5. The molecule has 0 atom stereocenters. The van der Waals surface area contributed by atoms with Crippen LogP contribution in [0.25, 0.3) is 0 Å². The SMILES string of the molecule is FC1=CC2=CC3=NC(=CC4=NC(=CC5=NC(=C(F)C1=N2)C(F)=C5F)C=C4)C=C3. The summed E-state index contributed by atoms with van der Waals surface area (Å²) in [6.07, 6.45) is 12.0. The van der Waals surface area contributed by atoms with E-state index < -0.39 is 40.4 Å². The number of hydrogen-bond acceptors (Lipinski definition) is 4. The monoisotopic (exact) mass is 380 g/mol. The van der Waals surface area contributed by atoms with Crippen LogP contribution in [0.4, 0.5) is 17.6 Å². The number of aliphatic imine (C=N–C) groups is 4. The summed E-state index contributed by atoms with van der Waals surface area (Å²) < 4.78 is 57.3. The standard InChI is InChI=1S/C20H8F4N4/c21-14-7-13-6-11-2-1-9(25-11)5-10-3-4-12(26-10)8-15-16(22)17(23)20(28-15)18(24)19(14)27-13/h1-8H. The van der Waals surface area contributed by atoms with E-state index in [1.807, 2.05) is 0 Å². The molecule has 8 heteroatoms. The second-order valence-corrected chi connectivity index (χ2v) is 6.19. The fourth-order valence-corrected chi connectivity index (χ4v) is 2.98. The Kier molecular flexibility index (Phi) is 3.48. The Hall–Kier alpha value is -3.68. The Morgan fingerprint density at radius 2 is 1.18 bits per heavy atom. The molecule has 0 aromatic rings. The lowest BCUT2D eigenvalue weighted by molar-refractivity contribution is 0.568. The summed E-state index contributed by atoms with van der Waals surface area (Å²) in [5, 5.41) is 0. The number of hydrogen-bond donors (Lipinski definition) is 0. The molecule has 0 amide bonds. The summed E-state index contributed by atoms with van der Waals surface area (Å²) in [5.74, 6) is -5.26. The molecule has 8 bridgehead atoms. The second kappa shape index (κ2) is 5.91. The topological polar surface area (TPSA) is 49.4 Å². The van der Waals surface area contributed by atoms with Crippen molar-refractivity contribution in [1.82, 2.24) is 0 Å². The van der Waals surface area contributed by atoms with Gasteiger partial charge in [-0.3, -0.25) is 0 Å². The van der Waals surface area contributed by atoms with Gasteiger partial charge < -0.3 is 0 Å². The summed E-state index contributed by atoms with van der Waals surface area (Å²) in [6.45, 7) is 0. The van der Waals surface area contributed by atoms with Crippen LogP contribution < -0.4 is 0 Å². The summed E-state index contributed by atoms with van der Waals surface area (Å²) in [7, 11) is 0. The van der Waals surface area contributed by atoms with Gasteiger partial charge in [0.05, 0.1) is 28.5 Å². The molecular formula is C20H8F4N4. The van der Waals surface area contributed by atoms with Crippen LogP contribution in [-0.2, 0) is 0 Å². The summed E-state index contributed by atoms with van der Waals surface area (Å²) in [5.41, 5.74) is -0.0989. The Balaban J connectivity index is 1.74. The van der Waals surface area contributed by atoms with Crippen molar-refractivity contribution in [3.8, 4) is 0 Å².